The van der Waals surface area contributed by atoms with Gasteiger partial charge in [-0.15, -0.1) is 0 Å². The molecule has 1 aromatic heterocycles. The largest absolute Gasteiger partial charge is 0.493 e. The summed E-state index contributed by atoms with van der Waals surface area (Å²) >= 11 is 0. The van der Waals surface area contributed by atoms with Crippen molar-refractivity contribution in [1.29, 1.82) is 0 Å². The first kappa shape index (κ1) is 18.1. The highest BCUT2D eigenvalue weighted by atomic mass is 16.5. The number of nitrogens with zero attached hydrogens (tertiary/aromatic N) is 1. The van der Waals surface area contributed by atoms with E-state index in [1.54, 1.807) is 13.2 Å². The first-order chi connectivity index (χ1) is 13.7. The van der Waals surface area contributed by atoms with E-state index in [1.165, 1.54) is 6.08 Å². The summed E-state index contributed by atoms with van der Waals surface area (Å²) in [6, 6.07) is 15.4. The molecule has 28 heavy (non-hydrogen) atoms. The molecule has 1 N–H and O–H groups in total. The zero-order chi connectivity index (χ0) is 19.3. The molecule has 2 heterocycles. The number of para-hydroxylation sites is 1. The normalized spacial score (nSPS) is 14.5. The number of benzene rings is 2. The summed E-state index contributed by atoms with van der Waals surface area (Å²) in [5.74, 6) is 1.05. The number of hydrogen-bond acceptors (Lipinski definition) is 5. The molecule has 1 fully saturated rings. The summed E-state index contributed by atoms with van der Waals surface area (Å²) in [6.45, 7) is 3.27. The van der Waals surface area contributed by atoms with E-state index < -0.39 is 0 Å². The SMILES string of the molecule is COc1cccc2cc(/C=C/C(=O)Nc3ccc(N4CCOCC4)cc3)oc12. The monoisotopic (exact) mass is 378 g/mol. The Morgan fingerprint density at radius 1 is 1.14 bits per heavy atom. The Hall–Kier alpha value is -3.25. The molecule has 0 radical (unpaired) electrons. The van der Waals surface area contributed by atoms with Gasteiger partial charge >= 0.3 is 0 Å². The average molecular weight is 378 g/mol. The van der Waals surface area contributed by atoms with Crippen LogP contribution in [0.4, 0.5) is 11.4 Å². The standard InChI is InChI=1S/C22H22N2O4/c1-26-20-4-2-3-16-15-19(28-22(16)20)9-10-21(25)23-17-5-7-18(8-6-17)24-11-13-27-14-12-24/h2-10,15H,11-14H2,1H3,(H,23,25)/b10-9+. The van der Waals surface area contributed by atoms with Crippen LogP contribution in [0.25, 0.3) is 17.0 Å². The second-order valence-electron chi connectivity index (χ2n) is 6.50. The van der Waals surface area contributed by atoms with Gasteiger partial charge in [-0.25, -0.2) is 0 Å². The van der Waals surface area contributed by atoms with Gasteiger partial charge in [0.15, 0.2) is 11.3 Å². The summed E-state index contributed by atoms with van der Waals surface area (Å²) in [5.41, 5.74) is 2.55. The van der Waals surface area contributed by atoms with Crippen molar-refractivity contribution in [2.75, 3.05) is 43.6 Å². The minimum atomic E-state index is -0.216. The van der Waals surface area contributed by atoms with Crippen LogP contribution in [0, 0.1) is 0 Å². The molecule has 1 aliphatic heterocycles. The number of nitrogens with one attached hydrogen (secondary N) is 1. The van der Waals surface area contributed by atoms with E-state index >= 15 is 0 Å². The first-order valence-corrected chi connectivity index (χ1v) is 9.21. The summed E-state index contributed by atoms with van der Waals surface area (Å²) in [5, 5.41) is 3.79. The molecule has 2 aromatic carbocycles. The number of carbonyl (C=O) groups is 1. The van der Waals surface area contributed by atoms with Crippen LogP contribution in [-0.2, 0) is 9.53 Å². The first-order valence-electron chi connectivity index (χ1n) is 9.21. The molecule has 0 aliphatic carbocycles. The van der Waals surface area contributed by atoms with E-state index in [1.807, 2.05) is 48.5 Å². The van der Waals surface area contributed by atoms with Crippen LogP contribution in [-0.4, -0.2) is 39.3 Å². The lowest BCUT2D eigenvalue weighted by Crippen LogP contribution is -2.36. The third-order valence-corrected chi connectivity index (χ3v) is 4.66. The van der Waals surface area contributed by atoms with E-state index in [-0.39, 0.29) is 5.91 Å². The number of fused-ring (bicyclic) bond motifs is 1. The maximum atomic E-state index is 12.2. The van der Waals surface area contributed by atoms with E-state index in [2.05, 4.69) is 10.2 Å². The highest BCUT2D eigenvalue weighted by Gasteiger charge is 2.11. The van der Waals surface area contributed by atoms with Gasteiger partial charge in [0, 0.05) is 35.9 Å². The Morgan fingerprint density at radius 2 is 1.93 bits per heavy atom. The fourth-order valence-corrected chi connectivity index (χ4v) is 3.22. The average Bonchev–Trinajstić information content (AvgIpc) is 3.17. The Labute approximate surface area is 163 Å². The highest BCUT2D eigenvalue weighted by molar-refractivity contribution is 6.02. The minimum absolute atomic E-state index is 0.216. The quantitative estimate of drug-likeness (QED) is 0.682. The number of ether oxygens (including phenoxy) is 2. The lowest BCUT2D eigenvalue weighted by Gasteiger charge is -2.28. The van der Waals surface area contributed by atoms with Gasteiger partial charge in [0.2, 0.25) is 5.91 Å². The van der Waals surface area contributed by atoms with Gasteiger partial charge < -0.3 is 24.1 Å². The number of methoxy groups -OCH3 is 1. The molecule has 0 bridgehead atoms. The van der Waals surface area contributed by atoms with E-state index in [0.29, 0.717) is 17.1 Å². The number of amides is 1. The van der Waals surface area contributed by atoms with Crippen LogP contribution in [0.3, 0.4) is 0 Å². The van der Waals surface area contributed by atoms with Crippen LogP contribution >= 0.6 is 0 Å². The van der Waals surface area contributed by atoms with Crippen molar-refractivity contribution in [3.05, 3.63) is 60.4 Å². The van der Waals surface area contributed by atoms with E-state index in [0.717, 1.165) is 43.1 Å². The topological polar surface area (TPSA) is 63.9 Å². The molecular weight excluding hydrogens is 356 g/mol. The van der Waals surface area contributed by atoms with Gasteiger partial charge in [-0.2, -0.15) is 0 Å². The molecule has 0 unspecified atom stereocenters. The second kappa shape index (κ2) is 8.19. The molecule has 0 saturated carbocycles. The van der Waals surface area contributed by atoms with Crippen molar-refractivity contribution in [3.8, 4) is 5.75 Å². The van der Waals surface area contributed by atoms with Gasteiger partial charge in [-0.1, -0.05) is 12.1 Å². The van der Waals surface area contributed by atoms with Gasteiger partial charge in [-0.05, 0) is 42.5 Å². The lowest BCUT2D eigenvalue weighted by molar-refractivity contribution is -0.111. The Balaban J connectivity index is 1.40. The van der Waals surface area contributed by atoms with Crippen LogP contribution in [0.15, 0.2) is 59.0 Å². The van der Waals surface area contributed by atoms with Gasteiger partial charge in [0.25, 0.3) is 0 Å². The molecule has 6 nitrogen and oxygen atoms in total. The third kappa shape index (κ3) is 4.02. The Kier molecular flexibility index (Phi) is 5.30. The van der Waals surface area contributed by atoms with E-state index in [4.69, 9.17) is 13.9 Å². The molecule has 6 heteroatoms. The maximum absolute atomic E-state index is 12.2. The maximum Gasteiger partial charge on any atom is 0.248 e. The highest BCUT2D eigenvalue weighted by Crippen LogP contribution is 2.29. The van der Waals surface area contributed by atoms with Crippen molar-refractivity contribution in [2.45, 2.75) is 0 Å². The molecular formula is C22H22N2O4. The fourth-order valence-electron chi connectivity index (χ4n) is 3.22. The third-order valence-electron chi connectivity index (χ3n) is 4.66. The van der Waals surface area contributed by atoms with Crippen LogP contribution < -0.4 is 15.0 Å². The molecule has 1 aliphatic rings. The molecule has 0 spiro atoms. The smallest absolute Gasteiger partial charge is 0.248 e. The van der Waals surface area contributed by atoms with Crippen molar-refractivity contribution >= 4 is 34.3 Å². The van der Waals surface area contributed by atoms with Crippen molar-refractivity contribution in [2.24, 2.45) is 0 Å². The van der Waals surface area contributed by atoms with Gasteiger partial charge in [0.1, 0.15) is 5.76 Å². The number of furan rings is 1. The zero-order valence-electron chi connectivity index (χ0n) is 15.7. The van der Waals surface area contributed by atoms with Gasteiger partial charge in [-0.3, -0.25) is 4.79 Å². The van der Waals surface area contributed by atoms with Crippen LogP contribution in [0.2, 0.25) is 0 Å². The minimum Gasteiger partial charge on any atom is -0.493 e. The molecule has 144 valence electrons. The molecule has 0 atom stereocenters. The molecule has 1 saturated heterocycles. The fraction of sp³-hybridized carbons (Fsp3) is 0.227. The number of rotatable bonds is 5. The number of anilines is 2. The van der Waals surface area contributed by atoms with Crippen molar-refractivity contribution in [3.63, 3.8) is 0 Å². The summed E-state index contributed by atoms with van der Waals surface area (Å²) in [7, 11) is 1.60. The predicted octanol–water partition coefficient (Wildman–Crippen LogP) is 3.93. The second-order valence-corrected chi connectivity index (χ2v) is 6.50. The van der Waals surface area contributed by atoms with Crippen LogP contribution in [0.1, 0.15) is 5.76 Å². The summed E-state index contributed by atoms with van der Waals surface area (Å²) in [4.78, 5) is 14.5. The molecule has 3 aromatic rings. The summed E-state index contributed by atoms with van der Waals surface area (Å²) < 4.78 is 16.4. The number of hydrogen-bond donors (Lipinski definition) is 1. The Bertz CT molecular complexity index is 985. The lowest BCUT2D eigenvalue weighted by atomic mass is 10.2. The van der Waals surface area contributed by atoms with Crippen molar-refractivity contribution in [1.82, 2.24) is 0 Å². The molecule has 4 rings (SSSR count). The summed E-state index contributed by atoms with van der Waals surface area (Å²) in [6.07, 6.45) is 3.11. The Morgan fingerprint density at radius 3 is 2.68 bits per heavy atom. The molecule has 1 amide bonds. The zero-order valence-corrected chi connectivity index (χ0v) is 15.7. The number of carbonyl (C=O) groups excluding carboxylic acids is 1. The predicted molar refractivity (Wildman–Crippen MR) is 110 cm³/mol. The van der Waals surface area contributed by atoms with E-state index in [9.17, 15) is 4.79 Å². The van der Waals surface area contributed by atoms with Crippen molar-refractivity contribution < 1.29 is 18.7 Å². The van der Waals surface area contributed by atoms with Gasteiger partial charge in [0.05, 0.1) is 20.3 Å². The van der Waals surface area contributed by atoms with Crippen LogP contribution in [0.5, 0.6) is 5.75 Å². The number of morpholine rings is 1.